The van der Waals surface area contributed by atoms with Crippen LogP contribution in [0, 0.1) is 5.92 Å². The van der Waals surface area contributed by atoms with Crippen molar-refractivity contribution in [3.8, 4) is 11.5 Å². The first kappa shape index (κ1) is 17.6. The van der Waals surface area contributed by atoms with Crippen molar-refractivity contribution < 1.29 is 19.4 Å². The molecule has 1 fully saturated rings. The molecule has 0 spiro atoms. The molecule has 1 amide bonds. The van der Waals surface area contributed by atoms with Crippen molar-refractivity contribution in [3.63, 3.8) is 0 Å². The molecule has 0 aliphatic carbocycles. The standard InChI is InChI=1S/C17H26N2O4/c1-2-22-15-3-5-16(6-4-15)23-12-14(20)11-19-9-7-13(8-10-19)17(18)21/h3-6,13-14,20H,2,7-12H2,1H3,(H2,18,21)/t14-/m1/s1. The Bertz CT molecular complexity index is 484. The monoisotopic (exact) mass is 322 g/mol. The predicted octanol–water partition coefficient (Wildman–Crippen LogP) is 1.02. The molecule has 1 atom stereocenters. The first-order valence-electron chi connectivity index (χ1n) is 8.14. The maximum absolute atomic E-state index is 11.1. The molecule has 1 saturated heterocycles. The zero-order chi connectivity index (χ0) is 16.7. The van der Waals surface area contributed by atoms with Gasteiger partial charge in [0.2, 0.25) is 5.91 Å². The largest absolute Gasteiger partial charge is 0.494 e. The number of likely N-dealkylation sites (tertiary alicyclic amines) is 1. The van der Waals surface area contributed by atoms with E-state index < -0.39 is 6.10 Å². The Labute approximate surface area is 137 Å². The van der Waals surface area contributed by atoms with Gasteiger partial charge in [0.25, 0.3) is 0 Å². The van der Waals surface area contributed by atoms with E-state index >= 15 is 0 Å². The molecule has 23 heavy (non-hydrogen) atoms. The highest BCUT2D eigenvalue weighted by atomic mass is 16.5. The van der Waals surface area contributed by atoms with Crippen molar-refractivity contribution >= 4 is 5.91 Å². The zero-order valence-electron chi connectivity index (χ0n) is 13.6. The van der Waals surface area contributed by atoms with Gasteiger partial charge in [-0.2, -0.15) is 0 Å². The average Bonchev–Trinajstić information content (AvgIpc) is 2.55. The lowest BCUT2D eigenvalue weighted by atomic mass is 9.96. The second-order valence-corrected chi connectivity index (χ2v) is 5.85. The molecule has 0 bridgehead atoms. The Hall–Kier alpha value is -1.79. The molecule has 0 unspecified atom stereocenters. The summed E-state index contributed by atoms with van der Waals surface area (Å²) < 4.78 is 11.0. The number of amides is 1. The minimum atomic E-state index is -0.563. The molecule has 0 aromatic heterocycles. The van der Waals surface area contributed by atoms with Gasteiger partial charge >= 0.3 is 0 Å². The summed E-state index contributed by atoms with van der Waals surface area (Å²) in [6.45, 7) is 4.92. The van der Waals surface area contributed by atoms with Crippen LogP contribution in [0.3, 0.4) is 0 Å². The number of rotatable bonds is 8. The van der Waals surface area contributed by atoms with Crippen LogP contribution in [-0.4, -0.2) is 54.9 Å². The van der Waals surface area contributed by atoms with Crippen molar-refractivity contribution in [2.75, 3.05) is 32.8 Å². The van der Waals surface area contributed by atoms with Crippen molar-refractivity contribution in [3.05, 3.63) is 24.3 Å². The molecule has 1 aliphatic rings. The molecule has 6 heteroatoms. The minimum Gasteiger partial charge on any atom is -0.494 e. The van der Waals surface area contributed by atoms with Crippen LogP contribution in [0.25, 0.3) is 0 Å². The van der Waals surface area contributed by atoms with Gasteiger partial charge in [-0.25, -0.2) is 0 Å². The summed E-state index contributed by atoms with van der Waals surface area (Å²) >= 11 is 0. The van der Waals surface area contributed by atoms with Gasteiger partial charge in [-0.3, -0.25) is 4.79 Å². The van der Waals surface area contributed by atoms with Crippen molar-refractivity contribution in [1.82, 2.24) is 4.90 Å². The molecular weight excluding hydrogens is 296 g/mol. The van der Waals surface area contributed by atoms with E-state index in [4.69, 9.17) is 15.2 Å². The normalized spacial score (nSPS) is 17.7. The molecule has 1 aliphatic heterocycles. The van der Waals surface area contributed by atoms with Crippen molar-refractivity contribution in [1.29, 1.82) is 0 Å². The smallest absolute Gasteiger partial charge is 0.220 e. The van der Waals surface area contributed by atoms with Crippen LogP contribution < -0.4 is 15.2 Å². The molecule has 6 nitrogen and oxygen atoms in total. The van der Waals surface area contributed by atoms with Crippen LogP contribution in [0.1, 0.15) is 19.8 Å². The Morgan fingerprint density at radius 2 is 1.83 bits per heavy atom. The highest BCUT2D eigenvalue weighted by Crippen LogP contribution is 2.19. The summed E-state index contributed by atoms with van der Waals surface area (Å²) in [7, 11) is 0. The highest BCUT2D eigenvalue weighted by Gasteiger charge is 2.24. The second kappa shape index (κ2) is 8.74. The van der Waals surface area contributed by atoms with E-state index in [0.29, 0.717) is 18.9 Å². The molecule has 1 aromatic rings. The quantitative estimate of drug-likeness (QED) is 0.746. The number of primary amides is 1. The Morgan fingerprint density at radius 1 is 1.26 bits per heavy atom. The van der Waals surface area contributed by atoms with Crippen LogP contribution in [0.15, 0.2) is 24.3 Å². The number of ether oxygens (including phenoxy) is 2. The Kier molecular flexibility index (Phi) is 6.67. The SMILES string of the molecule is CCOc1ccc(OC[C@H](O)CN2CCC(C(N)=O)CC2)cc1. The van der Waals surface area contributed by atoms with Crippen LogP contribution in [0.5, 0.6) is 11.5 Å². The Balaban J connectivity index is 1.69. The molecule has 1 aromatic carbocycles. The topological polar surface area (TPSA) is 85.0 Å². The van der Waals surface area contributed by atoms with E-state index in [1.807, 2.05) is 31.2 Å². The maximum atomic E-state index is 11.1. The number of hydrogen-bond donors (Lipinski definition) is 2. The number of aliphatic hydroxyl groups excluding tert-OH is 1. The van der Waals surface area contributed by atoms with Crippen LogP contribution in [0.4, 0.5) is 0 Å². The molecule has 2 rings (SSSR count). The fourth-order valence-corrected chi connectivity index (χ4v) is 2.74. The fraction of sp³-hybridized carbons (Fsp3) is 0.588. The molecular formula is C17H26N2O4. The van der Waals surface area contributed by atoms with Gasteiger partial charge in [0.1, 0.15) is 24.2 Å². The summed E-state index contributed by atoms with van der Waals surface area (Å²) in [4.78, 5) is 13.3. The first-order valence-corrected chi connectivity index (χ1v) is 8.14. The predicted molar refractivity (Wildman–Crippen MR) is 87.5 cm³/mol. The van der Waals surface area contributed by atoms with Crippen LogP contribution >= 0.6 is 0 Å². The van der Waals surface area contributed by atoms with Crippen molar-refractivity contribution in [2.24, 2.45) is 11.7 Å². The van der Waals surface area contributed by atoms with E-state index in [9.17, 15) is 9.90 Å². The number of nitrogens with zero attached hydrogens (tertiary/aromatic N) is 1. The third kappa shape index (κ3) is 5.73. The van der Waals surface area contributed by atoms with Crippen molar-refractivity contribution in [2.45, 2.75) is 25.9 Å². The number of carbonyl (C=O) groups excluding carboxylic acids is 1. The number of hydrogen-bond acceptors (Lipinski definition) is 5. The number of carbonyl (C=O) groups is 1. The van der Waals surface area contributed by atoms with Gasteiger partial charge in [0, 0.05) is 12.5 Å². The lowest BCUT2D eigenvalue weighted by Gasteiger charge is -2.31. The summed E-state index contributed by atoms with van der Waals surface area (Å²) in [5.41, 5.74) is 5.32. The first-order chi connectivity index (χ1) is 11.1. The van der Waals surface area contributed by atoms with Gasteiger partial charge < -0.3 is 25.2 Å². The van der Waals surface area contributed by atoms with Gasteiger partial charge in [0.05, 0.1) is 6.61 Å². The lowest BCUT2D eigenvalue weighted by molar-refractivity contribution is -0.123. The average molecular weight is 322 g/mol. The Morgan fingerprint density at radius 3 is 2.35 bits per heavy atom. The summed E-state index contributed by atoms with van der Waals surface area (Å²) in [5.74, 6) is 1.27. The summed E-state index contributed by atoms with van der Waals surface area (Å²) in [6, 6.07) is 7.35. The van der Waals surface area contributed by atoms with Gasteiger partial charge in [-0.05, 0) is 57.1 Å². The third-order valence-corrected chi connectivity index (χ3v) is 4.04. The fourth-order valence-electron chi connectivity index (χ4n) is 2.74. The summed E-state index contributed by atoms with van der Waals surface area (Å²) in [6.07, 6.45) is 0.968. The third-order valence-electron chi connectivity index (χ3n) is 4.04. The van der Waals surface area contributed by atoms with E-state index in [-0.39, 0.29) is 18.4 Å². The summed E-state index contributed by atoms with van der Waals surface area (Å²) in [5, 5.41) is 10.1. The zero-order valence-corrected chi connectivity index (χ0v) is 13.6. The van der Waals surface area contributed by atoms with Gasteiger partial charge in [-0.1, -0.05) is 0 Å². The number of nitrogens with two attached hydrogens (primary N) is 1. The van der Waals surface area contributed by atoms with E-state index in [2.05, 4.69) is 4.90 Å². The molecule has 128 valence electrons. The molecule has 3 N–H and O–H groups in total. The number of aliphatic hydroxyl groups is 1. The maximum Gasteiger partial charge on any atom is 0.220 e. The van der Waals surface area contributed by atoms with E-state index in [1.165, 1.54) is 0 Å². The molecule has 0 saturated carbocycles. The lowest BCUT2D eigenvalue weighted by Crippen LogP contribution is -2.43. The van der Waals surface area contributed by atoms with Crippen LogP contribution in [0.2, 0.25) is 0 Å². The van der Waals surface area contributed by atoms with Crippen LogP contribution in [-0.2, 0) is 4.79 Å². The minimum absolute atomic E-state index is 0.0245. The highest BCUT2D eigenvalue weighted by molar-refractivity contribution is 5.76. The second-order valence-electron chi connectivity index (χ2n) is 5.85. The number of benzene rings is 1. The number of piperidine rings is 1. The number of β-amino-alcohol motifs (C(OH)–C–C–N with tert-alkyl or cyclic N) is 1. The van der Waals surface area contributed by atoms with E-state index in [0.717, 1.165) is 31.7 Å². The van der Waals surface area contributed by atoms with Gasteiger partial charge in [-0.15, -0.1) is 0 Å². The van der Waals surface area contributed by atoms with Gasteiger partial charge in [0.15, 0.2) is 0 Å². The molecule has 0 radical (unpaired) electrons. The van der Waals surface area contributed by atoms with E-state index in [1.54, 1.807) is 0 Å². The molecule has 1 heterocycles.